The molecule has 0 amide bonds. The molecule has 2 nitrogen and oxygen atoms in total. The summed E-state index contributed by atoms with van der Waals surface area (Å²) in [6.45, 7) is 1.85. The minimum Gasteiger partial charge on any atom is -0.367 e. The first kappa shape index (κ1) is 13.9. The Kier molecular flexibility index (Phi) is 3.30. The molecule has 0 spiro atoms. The number of methoxy groups -OCH3 is 1. The van der Waals surface area contributed by atoms with Gasteiger partial charge in [0.2, 0.25) is 0 Å². The molecule has 1 unspecified atom stereocenters. The molecule has 22 heavy (non-hydrogen) atoms. The first-order chi connectivity index (χ1) is 10.7. The molecule has 0 N–H and O–H groups in total. The predicted molar refractivity (Wildman–Crippen MR) is 92.4 cm³/mol. The summed E-state index contributed by atoms with van der Waals surface area (Å²) in [7, 11) is 3.99. The van der Waals surface area contributed by atoms with Crippen molar-refractivity contribution in [3.05, 3.63) is 70.6 Å². The second-order valence-corrected chi connectivity index (χ2v) is 6.98. The van der Waals surface area contributed by atoms with E-state index >= 15 is 0 Å². The van der Waals surface area contributed by atoms with Crippen molar-refractivity contribution in [3.63, 3.8) is 0 Å². The lowest BCUT2D eigenvalue weighted by atomic mass is 9.80. The highest BCUT2D eigenvalue weighted by Gasteiger charge is 2.40. The van der Waals surface area contributed by atoms with Crippen LogP contribution in [-0.4, -0.2) is 25.6 Å². The standard InChI is InChI=1S/C19H19NOS/c1-20-12-15-5-3-4-6-17(15)19(13-20,21-2)16-7-8-18-14(11-16)9-10-22-18/h3-11H,12-13H2,1-2H3. The van der Waals surface area contributed by atoms with Crippen molar-refractivity contribution in [3.8, 4) is 0 Å². The van der Waals surface area contributed by atoms with Gasteiger partial charge in [0.25, 0.3) is 0 Å². The minimum atomic E-state index is -0.389. The normalized spacial score (nSPS) is 21.9. The van der Waals surface area contributed by atoms with Crippen LogP contribution in [0.1, 0.15) is 16.7 Å². The van der Waals surface area contributed by atoms with Gasteiger partial charge >= 0.3 is 0 Å². The molecule has 1 aromatic heterocycles. The first-order valence-electron chi connectivity index (χ1n) is 7.53. The fourth-order valence-corrected chi connectivity index (χ4v) is 4.39. The Hall–Kier alpha value is -1.68. The molecule has 0 saturated heterocycles. The molecule has 0 radical (unpaired) electrons. The fraction of sp³-hybridized carbons (Fsp3) is 0.263. The number of rotatable bonds is 2. The molecule has 3 heteroatoms. The van der Waals surface area contributed by atoms with Crippen LogP contribution in [0.15, 0.2) is 53.9 Å². The van der Waals surface area contributed by atoms with Gasteiger partial charge in [0, 0.05) is 24.9 Å². The van der Waals surface area contributed by atoms with Crippen LogP contribution in [0, 0.1) is 0 Å². The van der Waals surface area contributed by atoms with E-state index in [9.17, 15) is 0 Å². The molecule has 0 fully saturated rings. The minimum absolute atomic E-state index is 0.389. The number of hydrogen-bond donors (Lipinski definition) is 0. The second kappa shape index (κ2) is 5.20. The van der Waals surface area contributed by atoms with Crippen LogP contribution in [0.2, 0.25) is 0 Å². The molecule has 1 atom stereocenters. The van der Waals surface area contributed by atoms with Crippen molar-refractivity contribution >= 4 is 21.4 Å². The maximum atomic E-state index is 6.15. The topological polar surface area (TPSA) is 12.5 Å². The van der Waals surface area contributed by atoms with Crippen LogP contribution >= 0.6 is 11.3 Å². The number of likely N-dealkylation sites (N-methyl/N-ethyl adjacent to an activating group) is 1. The van der Waals surface area contributed by atoms with E-state index < -0.39 is 0 Å². The summed E-state index contributed by atoms with van der Waals surface area (Å²) in [5.74, 6) is 0. The molecule has 1 aliphatic heterocycles. The number of hydrogen-bond acceptors (Lipinski definition) is 3. The number of benzene rings is 2. The summed E-state index contributed by atoms with van der Waals surface area (Å²) in [4.78, 5) is 2.34. The highest BCUT2D eigenvalue weighted by Crippen LogP contribution is 2.40. The second-order valence-electron chi connectivity index (χ2n) is 6.03. The molecule has 1 aliphatic rings. The van der Waals surface area contributed by atoms with Crippen LogP contribution in [0.4, 0.5) is 0 Å². The van der Waals surface area contributed by atoms with E-state index in [0.717, 1.165) is 13.1 Å². The average molecular weight is 309 g/mol. The van der Waals surface area contributed by atoms with E-state index in [2.05, 4.69) is 65.9 Å². The third-order valence-electron chi connectivity index (χ3n) is 4.65. The largest absolute Gasteiger partial charge is 0.367 e. The van der Waals surface area contributed by atoms with Gasteiger partial charge in [-0.15, -0.1) is 11.3 Å². The zero-order chi connectivity index (χ0) is 15.2. The third-order valence-corrected chi connectivity index (χ3v) is 5.55. The monoisotopic (exact) mass is 309 g/mol. The number of ether oxygens (including phenoxy) is 1. The summed E-state index contributed by atoms with van der Waals surface area (Å²) in [6, 6.07) is 17.6. The maximum Gasteiger partial charge on any atom is 0.131 e. The van der Waals surface area contributed by atoms with Gasteiger partial charge in [-0.05, 0) is 52.7 Å². The van der Waals surface area contributed by atoms with Crippen LogP contribution in [0.3, 0.4) is 0 Å². The molecule has 112 valence electrons. The Balaban J connectivity index is 1.95. The van der Waals surface area contributed by atoms with Crippen LogP contribution < -0.4 is 0 Å². The number of fused-ring (bicyclic) bond motifs is 2. The SMILES string of the molecule is COC1(c2ccc3sccc3c2)CN(C)Cc2ccccc21. The van der Waals surface area contributed by atoms with Gasteiger partial charge in [0.05, 0.1) is 0 Å². The number of nitrogens with zero attached hydrogens (tertiary/aromatic N) is 1. The molecule has 0 saturated carbocycles. The summed E-state index contributed by atoms with van der Waals surface area (Å²) < 4.78 is 7.48. The van der Waals surface area contributed by atoms with Gasteiger partial charge in [-0.25, -0.2) is 0 Å². The maximum absolute atomic E-state index is 6.15. The summed E-state index contributed by atoms with van der Waals surface area (Å²) in [5, 5.41) is 3.44. The predicted octanol–water partition coefficient (Wildman–Crippen LogP) is 4.24. The van der Waals surface area contributed by atoms with E-state index in [4.69, 9.17) is 4.74 Å². The highest BCUT2D eigenvalue weighted by molar-refractivity contribution is 7.17. The molecule has 0 aliphatic carbocycles. The van der Waals surface area contributed by atoms with Crippen molar-refractivity contribution in [2.75, 3.05) is 20.7 Å². The zero-order valence-corrected chi connectivity index (χ0v) is 13.7. The Morgan fingerprint density at radius 1 is 1.14 bits per heavy atom. The van der Waals surface area contributed by atoms with Gasteiger partial charge in [0.15, 0.2) is 0 Å². The average Bonchev–Trinajstić information content (AvgIpc) is 3.01. The fourth-order valence-electron chi connectivity index (χ4n) is 3.62. The van der Waals surface area contributed by atoms with E-state index in [1.165, 1.54) is 26.8 Å². The van der Waals surface area contributed by atoms with E-state index in [1.54, 1.807) is 11.3 Å². The lowest BCUT2D eigenvalue weighted by Gasteiger charge is -2.42. The highest BCUT2D eigenvalue weighted by atomic mass is 32.1. The van der Waals surface area contributed by atoms with Crippen molar-refractivity contribution in [2.45, 2.75) is 12.1 Å². The lowest BCUT2D eigenvalue weighted by Crippen LogP contribution is -2.46. The van der Waals surface area contributed by atoms with Crippen molar-refractivity contribution < 1.29 is 4.74 Å². The van der Waals surface area contributed by atoms with Gasteiger partial charge in [0.1, 0.15) is 5.60 Å². The Bertz CT molecular complexity index is 825. The lowest BCUT2D eigenvalue weighted by molar-refractivity contribution is -0.0153. The van der Waals surface area contributed by atoms with Crippen molar-refractivity contribution in [1.29, 1.82) is 0 Å². The third kappa shape index (κ3) is 2.01. The summed E-state index contributed by atoms with van der Waals surface area (Å²) in [6.07, 6.45) is 0. The van der Waals surface area contributed by atoms with Crippen molar-refractivity contribution in [1.82, 2.24) is 4.90 Å². The summed E-state index contributed by atoms with van der Waals surface area (Å²) in [5.41, 5.74) is 3.49. The Labute approximate surface area is 135 Å². The van der Waals surface area contributed by atoms with Gasteiger partial charge in [-0.3, -0.25) is 4.90 Å². The van der Waals surface area contributed by atoms with Crippen LogP contribution in [0.5, 0.6) is 0 Å². The molecule has 4 rings (SSSR count). The molecule has 2 aromatic carbocycles. The molecular weight excluding hydrogens is 290 g/mol. The van der Waals surface area contributed by atoms with Gasteiger partial charge < -0.3 is 4.74 Å². The molecule has 3 aromatic rings. The first-order valence-corrected chi connectivity index (χ1v) is 8.41. The van der Waals surface area contributed by atoms with E-state index in [1.807, 2.05) is 7.11 Å². The molecule has 2 heterocycles. The van der Waals surface area contributed by atoms with Crippen molar-refractivity contribution in [2.24, 2.45) is 0 Å². The van der Waals surface area contributed by atoms with Gasteiger partial charge in [-0.1, -0.05) is 30.3 Å². The molecule has 0 bridgehead atoms. The van der Waals surface area contributed by atoms with Crippen LogP contribution in [0.25, 0.3) is 10.1 Å². The number of thiophene rings is 1. The summed E-state index contributed by atoms with van der Waals surface area (Å²) >= 11 is 1.78. The van der Waals surface area contributed by atoms with Gasteiger partial charge in [-0.2, -0.15) is 0 Å². The Morgan fingerprint density at radius 2 is 2.00 bits per heavy atom. The Morgan fingerprint density at radius 3 is 2.86 bits per heavy atom. The van der Waals surface area contributed by atoms with Crippen LogP contribution in [-0.2, 0) is 16.9 Å². The van der Waals surface area contributed by atoms with E-state index in [-0.39, 0.29) is 5.60 Å². The smallest absolute Gasteiger partial charge is 0.131 e. The van der Waals surface area contributed by atoms with E-state index in [0.29, 0.717) is 0 Å². The zero-order valence-electron chi connectivity index (χ0n) is 12.9. The quantitative estimate of drug-likeness (QED) is 0.702. The molecular formula is C19H19NOS.